The van der Waals surface area contributed by atoms with Crippen molar-refractivity contribution in [1.29, 1.82) is 0 Å². The Kier molecular flexibility index (Phi) is 4.88. The van der Waals surface area contributed by atoms with Gasteiger partial charge in [-0.2, -0.15) is 0 Å². The van der Waals surface area contributed by atoms with Gasteiger partial charge in [0.15, 0.2) is 5.78 Å². The van der Waals surface area contributed by atoms with Gasteiger partial charge in [-0.25, -0.2) is 18.4 Å². The monoisotopic (exact) mass is 442 g/mol. The van der Waals surface area contributed by atoms with Crippen LogP contribution >= 0.6 is 11.6 Å². The van der Waals surface area contributed by atoms with Crippen molar-refractivity contribution in [3.8, 4) is 0 Å². The number of hydrogen-bond acceptors (Lipinski definition) is 7. The molecule has 30 heavy (non-hydrogen) atoms. The van der Waals surface area contributed by atoms with Crippen molar-refractivity contribution < 1.29 is 13.2 Å². The zero-order valence-corrected chi connectivity index (χ0v) is 17.1. The van der Waals surface area contributed by atoms with E-state index in [0.29, 0.717) is 16.6 Å². The fourth-order valence-corrected chi connectivity index (χ4v) is 4.37. The maximum atomic E-state index is 13.1. The third kappa shape index (κ3) is 3.58. The largest absolute Gasteiger partial charge is 0.383 e. The summed E-state index contributed by atoms with van der Waals surface area (Å²) >= 11 is 5.88. The number of nitrogens with zero attached hydrogens (tertiary/aromatic N) is 4. The van der Waals surface area contributed by atoms with E-state index in [4.69, 9.17) is 17.3 Å². The number of nitrogens with one attached hydrogen (secondary N) is 1. The van der Waals surface area contributed by atoms with Crippen LogP contribution in [-0.4, -0.2) is 33.7 Å². The molecule has 3 aromatic heterocycles. The fraction of sp³-hybridized carbons (Fsp3) is 0.0526. The Balaban J connectivity index is 1.70. The van der Waals surface area contributed by atoms with Gasteiger partial charge in [-0.1, -0.05) is 17.7 Å². The lowest BCUT2D eigenvalue weighted by Gasteiger charge is -2.09. The highest BCUT2D eigenvalue weighted by Crippen LogP contribution is 2.26. The highest BCUT2D eigenvalue weighted by molar-refractivity contribution is 7.92. The Morgan fingerprint density at radius 2 is 2.00 bits per heavy atom. The van der Waals surface area contributed by atoms with Gasteiger partial charge in [-0.3, -0.25) is 14.5 Å². The summed E-state index contributed by atoms with van der Waals surface area (Å²) in [6.45, 7) is 0. The smallest absolute Gasteiger partial charge is 0.261 e. The van der Waals surface area contributed by atoms with Gasteiger partial charge < -0.3 is 10.3 Å². The van der Waals surface area contributed by atoms with Crippen LogP contribution in [0.2, 0.25) is 5.02 Å². The summed E-state index contributed by atoms with van der Waals surface area (Å²) in [4.78, 5) is 25.2. The van der Waals surface area contributed by atoms with Gasteiger partial charge in [0.25, 0.3) is 10.0 Å². The summed E-state index contributed by atoms with van der Waals surface area (Å²) in [7, 11) is -2.17. The van der Waals surface area contributed by atoms with Crippen molar-refractivity contribution in [2.24, 2.45) is 7.05 Å². The number of rotatable bonds is 5. The summed E-state index contributed by atoms with van der Waals surface area (Å²) in [5.41, 5.74) is 7.05. The number of carbonyl (C=O) groups is 1. The molecule has 4 aromatic rings. The van der Waals surface area contributed by atoms with Crippen molar-refractivity contribution in [3.05, 3.63) is 71.4 Å². The molecule has 0 bridgehead atoms. The number of aryl methyl sites for hydroxylation is 1. The minimum absolute atomic E-state index is 0.00861. The Hall–Kier alpha value is -3.50. The number of fused-ring (bicyclic) bond motifs is 1. The summed E-state index contributed by atoms with van der Waals surface area (Å²) in [5, 5.41) is 0.714. The number of nitrogen functional groups attached to an aromatic ring is 1. The lowest BCUT2D eigenvalue weighted by molar-refractivity contribution is 0.103. The topological polar surface area (TPSA) is 133 Å². The Morgan fingerprint density at radius 1 is 1.20 bits per heavy atom. The Morgan fingerprint density at radius 3 is 2.77 bits per heavy atom. The van der Waals surface area contributed by atoms with E-state index in [2.05, 4.69) is 19.7 Å². The van der Waals surface area contributed by atoms with E-state index in [1.165, 1.54) is 43.0 Å². The van der Waals surface area contributed by atoms with E-state index in [0.717, 1.165) is 0 Å². The van der Waals surface area contributed by atoms with Crippen LogP contribution < -0.4 is 10.5 Å². The average Bonchev–Trinajstić information content (AvgIpc) is 3.05. The van der Waals surface area contributed by atoms with Gasteiger partial charge in [-0.05, 0) is 24.3 Å². The SMILES string of the molecule is Cn1cc(C(=O)c2cncc(NS(=O)(=O)c3cccc(Cl)c3)c2)c2c(N)ncnc21. The molecule has 0 radical (unpaired) electrons. The molecule has 4 rings (SSSR count). The lowest BCUT2D eigenvalue weighted by atomic mass is 10.1. The van der Waals surface area contributed by atoms with E-state index in [1.807, 2.05) is 0 Å². The van der Waals surface area contributed by atoms with Crippen LogP contribution in [0.25, 0.3) is 11.0 Å². The quantitative estimate of drug-likeness (QED) is 0.454. The molecule has 0 aliphatic carbocycles. The van der Waals surface area contributed by atoms with Crippen LogP contribution in [0.5, 0.6) is 0 Å². The standard InChI is InChI=1S/C19H15ClN6O3S/c1-26-9-15(16-18(21)23-10-24-19(16)26)17(27)11-5-13(8-22-7-11)25-30(28,29)14-4-2-3-12(20)6-14/h2-10,25H,1H3,(H2,21,23,24). The molecule has 0 aliphatic heterocycles. The molecule has 152 valence electrons. The second-order valence-electron chi connectivity index (χ2n) is 6.47. The molecular weight excluding hydrogens is 428 g/mol. The second kappa shape index (κ2) is 7.39. The number of halogens is 1. The predicted molar refractivity (Wildman–Crippen MR) is 113 cm³/mol. The maximum Gasteiger partial charge on any atom is 0.261 e. The molecular formula is C19H15ClN6O3S. The lowest BCUT2D eigenvalue weighted by Crippen LogP contribution is -2.14. The minimum atomic E-state index is -3.91. The van der Waals surface area contributed by atoms with Gasteiger partial charge >= 0.3 is 0 Å². The summed E-state index contributed by atoms with van der Waals surface area (Å²) in [6, 6.07) is 7.24. The first-order chi connectivity index (χ1) is 14.3. The molecule has 1 aromatic carbocycles. The van der Waals surface area contributed by atoms with Crippen molar-refractivity contribution in [3.63, 3.8) is 0 Å². The van der Waals surface area contributed by atoms with Crippen molar-refractivity contribution in [2.45, 2.75) is 4.90 Å². The van der Waals surface area contributed by atoms with Gasteiger partial charge in [0.05, 0.1) is 27.7 Å². The van der Waals surface area contributed by atoms with Gasteiger partial charge in [0, 0.05) is 30.0 Å². The number of carbonyl (C=O) groups excluding carboxylic acids is 1. The van der Waals surface area contributed by atoms with E-state index >= 15 is 0 Å². The fourth-order valence-electron chi connectivity index (χ4n) is 3.03. The number of aromatic nitrogens is 4. The number of ketones is 1. The molecule has 0 saturated heterocycles. The molecule has 3 heterocycles. The molecule has 0 saturated carbocycles. The number of sulfonamides is 1. The highest BCUT2D eigenvalue weighted by atomic mass is 35.5. The molecule has 0 spiro atoms. The summed E-state index contributed by atoms with van der Waals surface area (Å²) in [6.07, 6.45) is 5.57. The summed E-state index contributed by atoms with van der Waals surface area (Å²) in [5.74, 6) is -0.215. The molecule has 0 fully saturated rings. The van der Waals surface area contributed by atoms with E-state index < -0.39 is 15.8 Å². The number of anilines is 2. The zero-order valence-electron chi connectivity index (χ0n) is 15.6. The van der Waals surface area contributed by atoms with Crippen LogP contribution in [-0.2, 0) is 17.1 Å². The summed E-state index contributed by atoms with van der Waals surface area (Å²) < 4.78 is 29.3. The van der Waals surface area contributed by atoms with Crippen LogP contribution in [0.1, 0.15) is 15.9 Å². The molecule has 3 N–H and O–H groups in total. The minimum Gasteiger partial charge on any atom is -0.383 e. The molecule has 0 atom stereocenters. The van der Waals surface area contributed by atoms with Crippen LogP contribution in [0.3, 0.4) is 0 Å². The van der Waals surface area contributed by atoms with E-state index in [1.54, 1.807) is 23.9 Å². The Bertz CT molecular complexity index is 1400. The third-order valence-electron chi connectivity index (χ3n) is 4.39. The highest BCUT2D eigenvalue weighted by Gasteiger charge is 2.21. The second-order valence-corrected chi connectivity index (χ2v) is 8.58. The zero-order chi connectivity index (χ0) is 21.5. The average molecular weight is 443 g/mol. The van der Waals surface area contributed by atoms with Gasteiger partial charge in [-0.15, -0.1) is 0 Å². The first kappa shape index (κ1) is 19.8. The number of pyridine rings is 1. The third-order valence-corrected chi connectivity index (χ3v) is 6.00. The molecule has 11 heteroatoms. The van der Waals surface area contributed by atoms with Crippen molar-refractivity contribution in [2.75, 3.05) is 10.5 Å². The van der Waals surface area contributed by atoms with Crippen LogP contribution in [0.15, 0.2) is 60.1 Å². The number of hydrogen-bond donors (Lipinski definition) is 2. The van der Waals surface area contributed by atoms with Crippen molar-refractivity contribution in [1.82, 2.24) is 19.5 Å². The van der Waals surface area contributed by atoms with Crippen LogP contribution in [0.4, 0.5) is 11.5 Å². The molecule has 9 nitrogen and oxygen atoms in total. The molecule has 0 unspecified atom stereocenters. The van der Waals surface area contributed by atoms with E-state index in [-0.39, 0.29) is 27.0 Å². The maximum absolute atomic E-state index is 13.1. The Labute approximate surface area is 176 Å². The molecule has 0 amide bonds. The number of nitrogens with two attached hydrogens (primary N) is 1. The first-order valence-electron chi connectivity index (χ1n) is 8.60. The predicted octanol–water partition coefficient (Wildman–Crippen LogP) is 2.63. The molecule has 0 aliphatic rings. The van der Waals surface area contributed by atoms with E-state index in [9.17, 15) is 13.2 Å². The van der Waals surface area contributed by atoms with Gasteiger partial charge in [0.1, 0.15) is 17.8 Å². The van der Waals surface area contributed by atoms with Crippen LogP contribution in [0, 0.1) is 0 Å². The first-order valence-corrected chi connectivity index (χ1v) is 10.5. The van der Waals surface area contributed by atoms with Crippen molar-refractivity contribution >= 4 is 49.9 Å². The number of benzene rings is 1. The normalized spacial score (nSPS) is 11.5. The van der Waals surface area contributed by atoms with Gasteiger partial charge in [0.2, 0.25) is 0 Å².